The second kappa shape index (κ2) is 8.26. The molecule has 0 amide bonds. The van der Waals surface area contributed by atoms with Gasteiger partial charge in [-0.25, -0.2) is 4.98 Å². The van der Waals surface area contributed by atoms with Crippen molar-refractivity contribution in [1.29, 1.82) is 0 Å². The van der Waals surface area contributed by atoms with Crippen LogP contribution in [-0.2, 0) is 0 Å². The Labute approximate surface area is 144 Å². The zero-order valence-corrected chi connectivity index (χ0v) is 14.6. The number of ether oxygens (including phenoxy) is 1. The molecule has 24 heavy (non-hydrogen) atoms. The molecule has 4 heteroatoms. The lowest BCUT2D eigenvalue weighted by Gasteiger charge is -2.37. The SMILES string of the molecule is CCC1CCC(C2CCC(c3ccc(OC(F)F)nc3)CC2)CC1. The van der Waals surface area contributed by atoms with Gasteiger partial charge in [-0.2, -0.15) is 8.78 Å². The van der Waals surface area contributed by atoms with Crippen LogP contribution in [0.4, 0.5) is 8.78 Å². The highest BCUT2D eigenvalue weighted by molar-refractivity contribution is 5.21. The fourth-order valence-corrected chi connectivity index (χ4v) is 4.79. The van der Waals surface area contributed by atoms with Crippen molar-refractivity contribution < 1.29 is 13.5 Å². The van der Waals surface area contributed by atoms with Crippen LogP contribution in [0.5, 0.6) is 5.88 Å². The zero-order valence-electron chi connectivity index (χ0n) is 14.6. The van der Waals surface area contributed by atoms with Crippen LogP contribution in [0.2, 0.25) is 0 Å². The maximum atomic E-state index is 12.2. The molecule has 0 aromatic carbocycles. The van der Waals surface area contributed by atoms with Crippen molar-refractivity contribution in [3.63, 3.8) is 0 Å². The summed E-state index contributed by atoms with van der Waals surface area (Å²) in [6.07, 6.45) is 13.8. The molecule has 0 bridgehead atoms. The molecule has 2 aliphatic rings. The van der Waals surface area contributed by atoms with Crippen LogP contribution in [0.1, 0.15) is 76.2 Å². The van der Waals surface area contributed by atoms with E-state index in [9.17, 15) is 8.78 Å². The summed E-state index contributed by atoms with van der Waals surface area (Å²) in [5.74, 6) is 3.34. The molecule has 2 saturated carbocycles. The van der Waals surface area contributed by atoms with E-state index in [-0.39, 0.29) is 5.88 Å². The van der Waals surface area contributed by atoms with Crippen molar-refractivity contribution in [2.24, 2.45) is 17.8 Å². The Bertz CT molecular complexity index is 489. The molecule has 0 unspecified atom stereocenters. The maximum Gasteiger partial charge on any atom is 0.388 e. The second-order valence-corrected chi connectivity index (χ2v) is 7.61. The van der Waals surface area contributed by atoms with Gasteiger partial charge in [0.1, 0.15) is 0 Å². The fraction of sp³-hybridized carbons (Fsp3) is 0.750. The first-order valence-electron chi connectivity index (χ1n) is 9.56. The summed E-state index contributed by atoms with van der Waals surface area (Å²) in [4.78, 5) is 4.02. The van der Waals surface area contributed by atoms with Gasteiger partial charge < -0.3 is 4.74 Å². The number of aromatic nitrogens is 1. The Morgan fingerprint density at radius 3 is 2.12 bits per heavy atom. The second-order valence-electron chi connectivity index (χ2n) is 7.61. The predicted molar refractivity (Wildman–Crippen MR) is 91.3 cm³/mol. The minimum absolute atomic E-state index is 0.00937. The fourth-order valence-electron chi connectivity index (χ4n) is 4.79. The number of halogens is 2. The number of rotatable bonds is 5. The molecule has 2 nitrogen and oxygen atoms in total. The summed E-state index contributed by atoms with van der Waals surface area (Å²) in [6.45, 7) is -0.483. The zero-order chi connectivity index (χ0) is 16.9. The van der Waals surface area contributed by atoms with Crippen LogP contribution in [0.25, 0.3) is 0 Å². The van der Waals surface area contributed by atoms with Gasteiger partial charge in [-0.1, -0.05) is 32.3 Å². The highest BCUT2D eigenvalue weighted by Crippen LogP contribution is 2.44. The molecule has 1 aromatic heterocycles. The summed E-state index contributed by atoms with van der Waals surface area (Å²) in [6, 6.07) is 3.47. The highest BCUT2D eigenvalue weighted by atomic mass is 19.3. The molecule has 0 aliphatic heterocycles. The van der Waals surface area contributed by atoms with Crippen LogP contribution in [0.15, 0.2) is 18.3 Å². The molecule has 2 fully saturated rings. The van der Waals surface area contributed by atoms with E-state index >= 15 is 0 Å². The molecule has 2 aliphatic carbocycles. The van der Waals surface area contributed by atoms with Crippen LogP contribution in [0, 0.1) is 17.8 Å². The lowest BCUT2D eigenvalue weighted by atomic mass is 9.68. The first-order valence-corrected chi connectivity index (χ1v) is 9.56. The van der Waals surface area contributed by atoms with Crippen molar-refractivity contribution in [2.75, 3.05) is 0 Å². The van der Waals surface area contributed by atoms with E-state index in [4.69, 9.17) is 0 Å². The molecule has 1 heterocycles. The lowest BCUT2D eigenvalue weighted by Crippen LogP contribution is -2.25. The van der Waals surface area contributed by atoms with Crippen LogP contribution < -0.4 is 4.74 Å². The van der Waals surface area contributed by atoms with Crippen molar-refractivity contribution in [3.05, 3.63) is 23.9 Å². The van der Waals surface area contributed by atoms with Crippen molar-refractivity contribution in [1.82, 2.24) is 4.98 Å². The molecule has 1 aromatic rings. The number of hydrogen-bond acceptors (Lipinski definition) is 2. The van der Waals surface area contributed by atoms with Gasteiger partial charge in [-0.3, -0.25) is 0 Å². The van der Waals surface area contributed by atoms with Crippen LogP contribution in [0.3, 0.4) is 0 Å². The maximum absolute atomic E-state index is 12.2. The number of nitrogens with zero attached hydrogens (tertiary/aromatic N) is 1. The van der Waals surface area contributed by atoms with E-state index in [2.05, 4.69) is 16.6 Å². The molecule has 0 saturated heterocycles. The van der Waals surface area contributed by atoms with Crippen molar-refractivity contribution in [3.8, 4) is 5.88 Å². The summed E-state index contributed by atoms with van der Waals surface area (Å²) in [5, 5.41) is 0. The highest BCUT2D eigenvalue weighted by Gasteiger charge is 2.31. The number of pyridine rings is 1. The first-order chi connectivity index (χ1) is 11.7. The lowest BCUT2D eigenvalue weighted by molar-refractivity contribution is -0.0528. The van der Waals surface area contributed by atoms with E-state index in [0.717, 1.165) is 17.8 Å². The van der Waals surface area contributed by atoms with Gasteiger partial charge in [0.15, 0.2) is 0 Å². The quantitative estimate of drug-likeness (QED) is 0.640. The Kier molecular flexibility index (Phi) is 6.07. The predicted octanol–water partition coefficient (Wildman–Crippen LogP) is 6.17. The largest absolute Gasteiger partial charge is 0.417 e. The third-order valence-electron chi connectivity index (χ3n) is 6.35. The summed E-state index contributed by atoms with van der Waals surface area (Å²) in [5.41, 5.74) is 1.17. The molecule has 0 N–H and O–H groups in total. The monoisotopic (exact) mass is 337 g/mol. The molecule has 0 spiro atoms. The number of alkyl halides is 2. The topological polar surface area (TPSA) is 22.1 Å². The van der Waals surface area contributed by atoms with Crippen LogP contribution in [-0.4, -0.2) is 11.6 Å². The van der Waals surface area contributed by atoms with Crippen molar-refractivity contribution in [2.45, 2.75) is 77.2 Å². The third-order valence-corrected chi connectivity index (χ3v) is 6.35. The van der Waals surface area contributed by atoms with Gasteiger partial charge >= 0.3 is 6.61 Å². The average molecular weight is 337 g/mol. The molecular weight excluding hydrogens is 308 g/mol. The summed E-state index contributed by atoms with van der Waals surface area (Å²) >= 11 is 0. The minimum atomic E-state index is -2.80. The van der Waals surface area contributed by atoms with Gasteiger partial charge in [-0.15, -0.1) is 0 Å². The van der Waals surface area contributed by atoms with Gasteiger partial charge in [0.05, 0.1) is 0 Å². The van der Waals surface area contributed by atoms with E-state index in [1.165, 1.54) is 63.4 Å². The third kappa shape index (κ3) is 4.46. The Balaban J connectivity index is 1.48. The average Bonchev–Trinajstić information content (AvgIpc) is 2.62. The van der Waals surface area contributed by atoms with Gasteiger partial charge in [0, 0.05) is 12.3 Å². The minimum Gasteiger partial charge on any atom is -0.417 e. The Morgan fingerprint density at radius 2 is 1.62 bits per heavy atom. The smallest absolute Gasteiger partial charge is 0.388 e. The van der Waals surface area contributed by atoms with Gasteiger partial charge in [0.25, 0.3) is 0 Å². The van der Waals surface area contributed by atoms with E-state index in [1.807, 2.05) is 6.07 Å². The molecule has 0 radical (unpaired) electrons. The molecule has 0 atom stereocenters. The molecule has 3 rings (SSSR count). The van der Waals surface area contributed by atoms with Gasteiger partial charge in [0.2, 0.25) is 5.88 Å². The Morgan fingerprint density at radius 1 is 1.00 bits per heavy atom. The van der Waals surface area contributed by atoms with Crippen molar-refractivity contribution >= 4 is 0 Å². The van der Waals surface area contributed by atoms with E-state index in [0.29, 0.717) is 5.92 Å². The van der Waals surface area contributed by atoms with E-state index in [1.54, 1.807) is 12.3 Å². The van der Waals surface area contributed by atoms with Gasteiger partial charge in [-0.05, 0) is 67.8 Å². The standard InChI is InChI=1S/C20H29F2NO/c1-2-14-3-5-15(6-4-14)16-7-9-17(10-8-16)18-11-12-19(23-13-18)24-20(21)22/h11-17,20H,2-10H2,1H3. The number of hydrogen-bond donors (Lipinski definition) is 0. The van der Waals surface area contributed by atoms with E-state index < -0.39 is 6.61 Å². The molecular formula is C20H29F2NO. The normalized spacial score (nSPS) is 31.2. The summed E-state index contributed by atoms with van der Waals surface area (Å²) in [7, 11) is 0. The Hall–Kier alpha value is -1.19. The summed E-state index contributed by atoms with van der Waals surface area (Å²) < 4.78 is 28.7. The molecule has 134 valence electrons. The van der Waals surface area contributed by atoms with Crippen LogP contribution >= 0.6 is 0 Å². The first kappa shape index (κ1) is 17.6.